The van der Waals surface area contributed by atoms with Gasteiger partial charge in [0.15, 0.2) is 16.4 Å². The number of rotatable bonds is 6. The predicted octanol–water partition coefficient (Wildman–Crippen LogP) is 2.51. The minimum atomic E-state index is -2.98. The third kappa shape index (κ3) is 4.63. The second kappa shape index (κ2) is 8.18. The lowest BCUT2D eigenvalue weighted by molar-refractivity contribution is -0.132. The summed E-state index contributed by atoms with van der Waals surface area (Å²) in [5, 5.41) is 4.57. The fraction of sp³-hybridized carbons (Fsp3) is 0.524. The standard InChI is InChI=1S/C21H29N3O4S/c1-14-7-6-8-15(2)21(14)28-12-20(25)23(5)11-19-16(3)22-24(17(19)4)18-9-10-29(26,27)13-18/h6-8,18H,9-13H2,1-5H3/t18-/m1/s1. The van der Waals surface area contributed by atoms with Gasteiger partial charge in [0.05, 0.1) is 23.2 Å². The zero-order valence-corrected chi connectivity index (χ0v) is 18.5. The highest BCUT2D eigenvalue weighted by molar-refractivity contribution is 7.91. The third-order valence-electron chi connectivity index (χ3n) is 5.60. The van der Waals surface area contributed by atoms with Crippen LogP contribution in [0, 0.1) is 27.7 Å². The first kappa shape index (κ1) is 21.4. The molecule has 1 aromatic heterocycles. The van der Waals surface area contributed by atoms with Crippen molar-refractivity contribution in [2.75, 3.05) is 25.2 Å². The average Bonchev–Trinajstić information content (AvgIpc) is 3.14. The van der Waals surface area contributed by atoms with E-state index in [-0.39, 0.29) is 30.1 Å². The summed E-state index contributed by atoms with van der Waals surface area (Å²) in [6, 6.07) is 5.76. The summed E-state index contributed by atoms with van der Waals surface area (Å²) in [7, 11) is -1.24. The molecule has 0 radical (unpaired) electrons. The topological polar surface area (TPSA) is 81.5 Å². The zero-order valence-electron chi connectivity index (χ0n) is 17.7. The Morgan fingerprint density at radius 1 is 1.24 bits per heavy atom. The monoisotopic (exact) mass is 419 g/mol. The van der Waals surface area contributed by atoms with Gasteiger partial charge in [-0.3, -0.25) is 9.48 Å². The van der Waals surface area contributed by atoms with E-state index in [1.165, 1.54) is 0 Å². The molecule has 29 heavy (non-hydrogen) atoms. The number of ether oxygens (including phenoxy) is 1. The molecule has 3 rings (SSSR count). The molecular formula is C21H29N3O4S. The Bertz CT molecular complexity index is 1010. The van der Waals surface area contributed by atoms with Gasteiger partial charge in [-0.1, -0.05) is 18.2 Å². The second-order valence-electron chi connectivity index (χ2n) is 7.91. The number of hydrogen-bond acceptors (Lipinski definition) is 5. The van der Waals surface area contributed by atoms with Crippen molar-refractivity contribution in [3.8, 4) is 5.75 Å². The van der Waals surface area contributed by atoms with Gasteiger partial charge in [-0.25, -0.2) is 8.42 Å². The van der Waals surface area contributed by atoms with Crippen LogP contribution in [-0.2, 0) is 21.2 Å². The Labute approximate surface area is 172 Å². The quantitative estimate of drug-likeness (QED) is 0.719. The molecule has 1 saturated heterocycles. The van der Waals surface area contributed by atoms with E-state index >= 15 is 0 Å². The maximum absolute atomic E-state index is 12.6. The lowest BCUT2D eigenvalue weighted by Gasteiger charge is -2.19. The van der Waals surface area contributed by atoms with E-state index in [4.69, 9.17) is 4.74 Å². The molecule has 1 aliphatic rings. The lowest BCUT2D eigenvalue weighted by atomic mass is 10.1. The van der Waals surface area contributed by atoms with Gasteiger partial charge in [0.2, 0.25) is 0 Å². The van der Waals surface area contributed by atoms with E-state index in [1.807, 2.05) is 50.6 Å². The normalized spacial score (nSPS) is 18.0. The fourth-order valence-corrected chi connectivity index (χ4v) is 5.54. The van der Waals surface area contributed by atoms with Gasteiger partial charge in [0, 0.05) is 24.8 Å². The molecule has 0 aliphatic carbocycles. The number of aryl methyl sites for hydroxylation is 3. The molecule has 1 atom stereocenters. The smallest absolute Gasteiger partial charge is 0.260 e. The van der Waals surface area contributed by atoms with Gasteiger partial charge in [-0.05, 0) is 45.2 Å². The Balaban J connectivity index is 1.67. The summed E-state index contributed by atoms with van der Waals surface area (Å²) in [5.74, 6) is 0.964. The molecule has 1 aliphatic heterocycles. The molecule has 7 nitrogen and oxygen atoms in total. The van der Waals surface area contributed by atoms with E-state index < -0.39 is 9.84 Å². The second-order valence-corrected chi connectivity index (χ2v) is 10.1. The molecule has 0 bridgehead atoms. The van der Waals surface area contributed by atoms with Crippen molar-refractivity contribution >= 4 is 15.7 Å². The summed E-state index contributed by atoms with van der Waals surface area (Å²) in [5.41, 5.74) is 4.69. The number of amides is 1. The van der Waals surface area contributed by atoms with Crippen molar-refractivity contribution < 1.29 is 17.9 Å². The van der Waals surface area contributed by atoms with Crippen molar-refractivity contribution in [3.63, 3.8) is 0 Å². The van der Waals surface area contributed by atoms with Gasteiger partial charge < -0.3 is 9.64 Å². The number of nitrogens with zero attached hydrogens (tertiary/aromatic N) is 3. The van der Waals surface area contributed by atoms with Crippen LogP contribution in [0.2, 0.25) is 0 Å². The minimum absolute atomic E-state index is 0.0324. The number of carbonyl (C=O) groups excluding carboxylic acids is 1. The van der Waals surface area contributed by atoms with Crippen LogP contribution in [0.15, 0.2) is 18.2 Å². The summed E-state index contributed by atoms with van der Waals surface area (Å²) < 4.78 is 31.2. The number of aromatic nitrogens is 2. The number of para-hydroxylation sites is 1. The SMILES string of the molecule is Cc1cccc(C)c1OCC(=O)N(C)Cc1c(C)nn([C@@H]2CCS(=O)(=O)C2)c1C. The average molecular weight is 420 g/mol. The molecule has 2 heterocycles. The maximum Gasteiger partial charge on any atom is 0.260 e. The van der Waals surface area contributed by atoms with Crippen molar-refractivity contribution in [1.29, 1.82) is 0 Å². The van der Waals surface area contributed by atoms with Gasteiger partial charge in [-0.2, -0.15) is 5.10 Å². The predicted molar refractivity (Wildman–Crippen MR) is 112 cm³/mol. The summed E-state index contributed by atoms with van der Waals surface area (Å²) >= 11 is 0. The molecular weight excluding hydrogens is 390 g/mol. The number of sulfone groups is 1. The van der Waals surface area contributed by atoms with Crippen LogP contribution >= 0.6 is 0 Å². The summed E-state index contributed by atoms with van der Waals surface area (Å²) in [6.07, 6.45) is 0.585. The van der Waals surface area contributed by atoms with Gasteiger partial charge in [0.1, 0.15) is 5.75 Å². The first-order chi connectivity index (χ1) is 13.6. The van der Waals surface area contributed by atoms with E-state index in [0.29, 0.717) is 13.0 Å². The highest BCUT2D eigenvalue weighted by atomic mass is 32.2. The molecule has 0 unspecified atom stereocenters. The zero-order chi connectivity index (χ0) is 21.3. The molecule has 1 aromatic carbocycles. The summed E-state index contributed by atoms with van der Waals surface area (Å²) in [4.78, 5) is 14.2. The van der Waals surface area contributed by atoms with Crippen molar-refractivity contribution in [1.82, 2.24) is 14.7 Å². The van der Waals surface area contributed by atoms with Gasteiger partial charge in [-0.15, -0.1) is 0 Å². The van der Waals surface area contributed by atoms with Crippen LogP contribution in [0.3, 0.4) is 0 Å². The van der Waals surface area contributed by atoms with E-state index in [9.17, 15) is 13.2 Å². The van der Waals surface area contributed by atoms with E-state index in [0.717, 1.165) is 33.8 Å². The van der Waals surface area contributed by atoms with E-state index in [1.54, 1.807) is 11.9 Å². The molecule has 0 spiro atoms. The van der Waals surface area contributed by atoms with Crippen LogP contribution in [0.5, 0.6) is 5.75 Å². The molecule has 0 N–H and O–H groups in total. The summed E-state index contributed by atoms with van der Waals surface area (Å²) in [6.45, 7) is 8.13. The molecule has 1 amide bonds. The molecule has 2 aromatic rings. The molecule has 8 heteroatoms. The fourth-order valence-electron chi connectivity index (χ4n) is 3.85. The van der Waals surface area contributed by atoms with Gasteiger partial charge in [0.25, 0.3) is 5.91 Å². The number of likely N-dealkylation sites (N-methyl/N-ethyl adjacent to an activating group) is 1. The Morgan fingerprint density at radius 3 is 2.48 bits per heavy atom. The van der Waals surface area contributed by atoms with Crippen LogP contribution in [-0.4, -0.2) is 54.2 Å². The largest absolute Gasteiger partial charge is 0.483 e. The molecule has 0 saturated carbocycles. The Kier molecular flexibility index (Phi) is 6.03. The van der Waals surface area contributed by atoms with E-state index in [2.05, 4.69) is 5.10 Å². The highest BCUT2D eigenvalue weighted by Gasteiger charge is 2.31. The van der Waals surface area contributed by atoms with Crippen molar-refractivity contribution in [2.24, 2.45) is 0 Å². The van der Waals surface area contributed by atoms with Crippen LogP contribution < -0.4 is 4.74 Å². The number of benzene rings is 1. The molecule has 1 fully saturated rings. The first-order valence-corrected chi connectivity index (χ1v) is 11.6. The van der Waals surface area contributed by atoms with Crippen LogP contribution in [0.25, 0.3) is 0 Å². The van der Waals surface area contributed by atoms with Crippen LogP contribution in [0.4, 0.5) is 0 Å². The minimum Gasteiger partial charge on any atom is -0.483 e. The molecule has 158 valence electrons. The van der Waals surface area contributed by atoms with Crippen LogP contribution in [0.1, 0.15) is 40.5 Å². The lowest BCUT2D eigenvalue weighted by Crippen LogP contribution is -2.31. The Morgan fingerprint density at radius 2 is 1.90 bits per heavy atom. The maximum atomic E-state index is 12.6. The van der Waals surface area contributed by atoms with Crippen molar-refractivity contribution in [2.45, 2.75) is 46.7 Å². The third-order valence-corrected chi connectivity index (χ3v) is 7.35. The van der Waals surface area contributed by atoms with Crippen molar-refractivity contribution in [3.05, 3.63) is 46.3 Å². The first-order valence-electron chi connectivity index (χ1n) is 9.77. The highest BCUT2D eigenvalue weighted by Crippen LogP contribution is 2.27. The van der Waals surface area contributed by atoms with Gasteiger partial charge >= 0.3 is 0 Å². The Hall–Kier alpha value is -2.35. The number of carbonyl (C=O) groups is 1. The number of hydrogen-bond donors (Lipinski definition) is 0.